The highest BCUT2D eigenvalue weighted by atomic mass is 16.6. The number of aliphatic hydroxyl groups is 1. The van der Waals surface area contributed by atoms with Crippen LogP contribution in [0.5, 0.6) is 0 Å². The monoisotopic (exact) mass is 350 g/mol. The lowest BCUT2D eigenvalue weighted by atomic mass is 9.97. The maximum atomic E-state index is 10.5. The predicted octanol–water partition coefficient (Wildman–Crippen LogP) is 4.79. The van der Waals surface area contributed by atoms with Gasteiger partial charge in [0.25, 0.3) is 0 Å². The smallest absolute Gasteiger partial charge is 0.303 e. The molecule has 0 spiro atoms. The molecular formula is C21H34O4. The standard InChI is InChI=1S/C21H34O4/c1-3-4-5-6-7-8-9-10-11-12-13-17-21(2,24)20-18(25-20)15-14-16-19(22)23/h7-8,10-11,13,17-18,20,24H,3-6,9,12,14-16H2,1-2H3,(H,22,23)/b8-7-,11-10-,17-13-. The molecule has 0 aromatic carbocycles. The van der Waals surface area contributed by atoms with Crippen molar-refractivity contribution in [3.63, 3.8) is 0 Å². The molecule has 142 valence electrons. The Morgan fingerprint density at radius 2 is 1.76 bits per heavy atom. The molecule has 4 heteroatoms. The molecule has 1 rings (SSSR count). The zero-order chi connectivity index (χ0) is 18.5. The maximum Gasteiger partial charge on any atom is 0.303 e. The molecule has 0 saturated carbocycles. The molecule has 1 fully saturated rings. The van der Waals surface area contributed by atoms with Crippen LogP contribution in [0.2, 0.25) is 0 Å². The molecule has 1 aliphatic heterocycles. The van der Waals surface area contributed by atoms with E-state index in [4.69, 9.17) is 9.84 Å². The van der Waals surface area contributed by atoms with Crippen molar-refractivity contribution < 1.29 is 19.7 Å². The van der Waals surface area contributed by atoms with E-state index >= 15 is 0 Å². The Bertz CT molecular complexity index is 463. The van der Waals surface area contributed by atoms with E-state index in [-0.39, 0.29) is 18.6 Å². The Hall–Kier alpha value is -1.39. The number of carboxylic acids is 1. The van der Waals surface area contributed by atoms with Gasteiger partial charge in [0.2, 0.25) is 0 Å². The summed E-state index contributed by atoms with van der Waals surface area (Å²) in [5.74, 6) is -0.786. The second-order valence-electron chi connectivity index (χ2n) is 6.92. The molecule has 0 radical (unpaired) electrons. The largest absolute Gasteiger partial charge is 0.481 e. The fourth-order valence-electron chi connectivity index (χ4n) is 2.81. The zero-order valence-electron chi connectivity index (χ0n) is 15.7. The van der Waals surface area contributed by atoms with Crippen molar-refractivity contribution in [2.24, 2.45) is 0 Å². The highest BCUT2D eigenvalue weighted by Crippen LogP contribution is 2.36. The highest BCUT2D eigenvalue weighted by molar-refractivity contribution is 5.66. The van der Waals surface area contributed by atoms with Crippen LogP contribution in [0.3, 0.4) is 0 Å². The number of allylic oxidation sites excluding steroid dienone is 5. The second kappa shape index (κ2) is 12.0. The lowest BCUT2D eigenvalue weighted by Crippen LogP contribution is -2.30. The summed E-state index contributed by atoms with van der Waals surface area (Å²) in [7, 11) is 0. The van der Waals surface area contributed by atoms with Crippen LogP contribution in [0, 0.1) is 0 Å². The van der Waals surface area contributed by atoms with Crippen LogP contribution in [-0.2, 0) is 9.53 Å². The van der Waals surface area contributed by atoms with E-state index in [0.29, 0.717) is 12.8 Å². The van der Waals surface area contributed by atoms with Crippen LogP contribution in [0.1, 0.15) is 71.6 Å². The molecule has 1 saturated heterocycles. The van der Waals surface area contributed by atoms with E-state index in [1.54, 1.807) is 13.0 Å². The van der Waals surface area contributed by atoms with Gasteiger partial charge >= 0.3 is 5.97 Å². The number of carboxylic acid groups (broad SMARTS) is 1. The molecule has 2 N–H and O–H groups in total. The van der Waals surface area contributed by atoms with Crippen LogP contribution in [0.15, 0.2) is 36.5 Å². The SMILES string of the molecule is CCCCC/C=C\C/C=C\C/C=C\C(C)(O)C1OC1CCCC(=O)O. The minimum absolute atomic E-state index is 0.0209. The topological polar surface area (TPSA) is 70.1 Å². The summed E-state index contributed by atoms with van der Waals surface area (Å²) in [6, 6.07) is 0. The zero-order valence-corrected chi connectivity index (χ0v) is 15.7. The van der Waals surface area contributed by atoms with Crippen molar-refractivity contribution in [2.75, 3.05) is 0 Å². The summed E-state index contributed by atoms with van der Waals surface area (Å²) in [6.07, 6.45) is 20.4. The number of epoxide rings is 1. The minimum atomic E-state index is -0.985. The molecule has 4 nitrogen and oxygen atoms in total. The molecule has 3 atom stereocenters. The Kier molecular flexibility index (Phi) is 10.4. The van der Waals surface area contributed by atoms with Crippen molar-refractivity contribution in [2.45, 2.75) is 89.4 Å². The fraction of sp³-hybridized carbons (Fsp3) is 0.667. The average Bonchev–Trinajstić information content (AvgIpc) is 3.33. The van der Waals surface area contributed by atoms with Crippen LogP contribution in [0.25, 0.3) is 0 Å². The Labute approximate surface area is 152 Å². The Morgan fingerprint density at radius 3 is 2.44 bits per heavy atom. The summed E-state index contributed by atoms with van der Waals surface area (Å²) in [6.45, 7) is 3.96. The van der Waals surface area contributed by atoms with Gasteiger partial charge in [0.05, 0.1) is 6.10 Å². The van der Waals surface area contributed by atoms with Crippen molar-refractivity contribution in [3.05, 3.63) is 36.5 Å². The molecule has 0 aliphatic carbocycles. The average molecular weight is 350 g/mol. The van der Waals surface area contributed by atoms with Crippen LogP contribution >= 0.6 is 0 Å². The number of unbranched alkanes of at least 4 members (excludes halogenated alkanes) is 3. The van der Waals surface area contributed by atoms with Crippen LogP contribution < -0.4 is 0 Å². The first-order valence-corrected chi connectivity index (χ1v) is 9.54. The van der Waals surface area contributed by atoms with Gasteiger partial charge in [0.1, 0.15) is 11.7 Å². The lowest BCUT2D eigenvalue weighted by molar-refractivity contribution is -0.137. The summed E-state index contributed by atoms with van der Waals surface area (Å²) < 4.78 is 5.49. The normalized spacial score (nSPS) is 22.8. The first kappa shape index (κ1) is 21.7. The molecule has 3 unspecified atom stereocenters. The third kappa shape index (κ3) is 10.3. The number of hydrogen-bond acceptors (Lipinski definition) is 3. The fourth-order valence-corrected chi connectivity index (χ4v) is 2.81. The van der Waals surface area contributed by atoms with Crippen LogP contribution in [0.4, 0.5) is 0 Å². The van der Waals surface area contributed by atoms with Crippen molar-refractivity contribution in [3.8, 4) is 0 Å². The lowest BCUT2D eigenvalue weighted by Gasteiger charge is -2.15. The van der Waals surface area contributed by atoms with E-state index in [0.717, 1.165) is 12.8 Å². The van der Waals surface area contributed by atoms with Crippen LogP contribution in [-0.4, -0.2) is 34.0 Å². The van der Waals surface area contributed by atoms with Gasteiger partial charge < -0.3 is 14.9 Å². The first-order valence-electron chi connectivity index (χ1n) is 9.54. The Morgan fingerprint density at radius 1 is 1.08 bits per heavy atom. The molecule has 0 aromatic heterocycles. The van der Waals surface area contributed by atoms with Crippen molar-refractivity contribution >= 4 is 5.97 Å². The van der Waals surface area contributed by atoms with Gasteiger partial charge in [0, 0.05) is 6.42 Å². The summed E-state index contributed by atoms with van der Waals surface area (Å²) >= 11 is 0. The van der Waals surface area contributed by atoms with E-state index < -0.39 is 11.6 Å². The molecule has 0 bridgehead atoms. The Balaban J connectivity index is 2.14. The van der Waals surface area contributed by atoms with Gasteiger partial charge in [-0.15, -0.1) is 0 Å². The van der Waals surface area contributed by atoms with Gasteiger partial charge in [-0.2, -0.15) is 0 Å². The van der Waals surface area contributed by atoms with Gasteiger partial charge in [-0.1, -0.05) is 56.2 Å². The van der Waals surface area contributed by atoms with Gasteiger partial charge in [-0.3, -0.25) is 4.79 Å². The molecule has 0 amide bonds. The third-order valence-corrected chi connectivity index (χ3v) is 4.35. The third-order valence-electron chi connectivity index (χ3n) is 4.35. The second-order valence-corrected chi connectivity index (χ2v) is 6.92. The quantitative estimate of drug-likeness (QED) is 0.268. The summed E-state index contributed by atoms with van der Waals surface area (Å²) in [5.41, 5.74) is -0.985. The van der Waals surface area contributed by atoms with E-state index in [1.165, 1.54) is 25.7 Å². The summed E-state index contributed by atoms with van der Waals surface area (Å²) in [5, 5.41) is 19.0. The van der Waals surface area contributed by atoms with E-state index in [2.05, 4.69) is 31.2 Å². The van der Waals surface area contributed by atoms with Gasteiger partial charge in [-0.25, -0.2) is 0 Å². The molecule has 25 heavy (non-hydrogen) atoms. The highest BCUT2D eigenvalue weighted by Gasteiger charge is 2.49. The number of rotatable bonds is 14. The van der Waals surface area contributed by atoms with Crippen molar-refractivity contribution in [1.29, 1.82) is 0 Å². The summed E-state index contributed by atoms with van der Waals surface area (Å²) in [4.78, 5) is 10.5. The first-order chi connectivity index (χ1) is 12.0. The molecule has 0 aromatic rings. The maximum absolute atomic E-state index is 10.5. The number of ether oxygens (including phenoxy) is 1. The van der Waals surface area contributed by atoms with Crippen molar-refractivity contribution in [1.82, 2.24) is 0 Å². The van der Waals surface area contributed by atoms with E-state index in [1.807, 2.05) is 6.08 Å². The van der Waals surface area contributed by atoms with Gasteiger partial charge in [0.15, 0.2) is 0 Å². The van der Waals surface area contributed by atoms with Gasteiger partial charge in [-0.05, 0) is 45.4 Å². The predicted molar refractivity (Wildman–Crippen MR) is 102 cm³/mol. The number of aliphatic carboxylic acids is 1. The minimum Gasteiger partial charge on any atom is -0.481 e. The number of hydrogen-bond donors (Lipinski definition) is 2. The van der Waals surface area contributed by atoms with E-state index in [9.17, 15) is 9.90 Å². The molecule has 1 aliphatic rings. The molecular weight excluding hydrogens is 316 g/mol. The molecule has 1 heterocycles. The number of carbonyl (C=O) groups is 1.